The number of carbonyl (C=O) groups is 2. The number of hydrogen-bond donors (Lipinski definition) is 2. The van der Waals surface area contributed by atoms with Crippen molar-refractivity contribution in [2.45, 2.75) is 37.2 Å². The largest absolute Gasteiger partial charge is 0.376 e. The minimum Gasteiger partial charge on any atom is -0.376 e. The molecular weight excluding hydrogens is 362 g/mol. The lowest BCUT2D eigenvalue weighted by molar-refractivity contribution is -0.125. The second-order valence-corrected chi connectivity index (χ2v) is 7.61. The molecule has 2 atom stereocenters. The fourth-order valence-electron chi connectivity index (χ4n) is 2.63. The molecule has 0 aromatic heterocycles. The Morgan fingerprint density at radius 2 is 2.20 bits per heavy atom. The Morgan fingerprint density at radius 1 is 1.40 bits per heavy atom. The van der Waals surface area contributed by atoms with Gasteiger partial charge in [-0.2, -0.15) is 0 Å². The first-order valence-corrected chi connectivity index (χ1v) is 9.50. The number of hydrogen-bond acceptors (Lipinski definition) is 5. The lowest BCUT2D eigenvalue weighted by Gasteiger charge is -2.07. The molecule has 134 valence electrons. The van der Waals surface area contributed by atoms with Crippen LogP contribution in [0.25, 0.3) is 0 Å². The van der Waals surface area contributed by atoms with Gasteiger partial charge in [-0.15, -0.1) is 0 Å². The molecule has 1 aromatic carbocycles. The summed E-state index contributed by atoms with van der Waals surface area (Å²) >= 11 is 7.14. The van der Waals surface area contributed by atoms with Gasteiger partial charge in [0.25, 0.3) is 0 Å². The van der Waals surface area contributed by atoms with Crippen LogP contribution in [-0.2, 0) is 20.9 Å². The van der Waals surface area contributed by atoms with E-state index in [1.165, 1.54) is 11.8 Å². The van der Waals surface area contributed by atoms with Gasteiger partial charge in [0, 0.05) is 24.6 Å². The van der Waals surface area contributed by atoms with E-state index in [4.69, 9.17) is 16.3 Å². The molecule has 0 aliphatic carbocycles. The smallest absolute Gasteiger partial charge is 0.240 e. The van der Waals surface area contributed by atoms with Crippen molar-refractivity contribution in [1.29, 1.82) is 0 Å². The van der Waals surface area contributed by atoms with E-state index in [9.17, 15) is 9.59 Å². The molecule has 0 unspecified atom stereocenters. The first kappa shape index (κ1) is 18.2. The normalized spacial score (nSPS) is 24.5. The quantitative estimate of drug-likeness (QED) is 0.791. The summed E-state index contributed by atoms with van der Waals surface area (Å²) in [6.45, 7) is 1.75. The topological polar surface area (TPSA) is 79.8 Å². The van der Waals surface area contributed by atoms with Gasteiger partial charge in [0.15, 0.2) is 5.17 Å². The fraction of sp³-hybridized carbons (Fsp3) is 0.471. The van der Waals surface area contributed by atoms with Gasteiger partial charge in [0.05, 0.1) is 12.6 Å². The number of amides is 2. The molecule has 2 aliphatic rings. The Bertz CT molecular complexity index is 660. The van der Waals surface area contributed by atoms with E-state index in [-0.39, 0.29) is 24.3 Å². The Morgan fingerprint density at radius 3 is 2.92 bits per heavy atom. The van der Waals surface area contributed by atoms with Gasteiger partial charge in [0.2, 0.25) is 11.8 Å². The van der Waals surface area contributed by atoms with E-state index in [1.807, 2.05) is 12.1 Å². The molecule has 0 spiro atoms. The van der Waals surface area contributed by atoms with E-state index in [2.05, 4.69) is 15.6 Å². The number of nitrogens with one attached hydrogen (secondary N) is 2. The third-order valence-electron chi connectivity index (χ3n) is 4.01. The van der Waals surface area contributed by atoms with Gasteiger partial charge in [-0.25, -0.2) is 0 Å². The molecule has 0 radical (unpaired) electrons. The molecule has 6 nitrogen and oxygen atoms in total. The lowest BCUT2D eigenvalue weighted by atomic mass is 10.2. The number of thioether (sulfide) groups is 1. The maximum absolute atomic E-state index is 12.1. The van der Waals surface area contributed by atoms with Gasteiger partial charge < -0.3 is 15.4 Å². The van der Waals surface area contributed by atoms with Crippen molar-refractivity contribution in [1.82, 2.24) is 10.6 Å². The fourth-order valence-corrected chi connectivity index (χ4v) is 3.74. The molecule has 2 heterocycles. The van der Waals surface area contributed by atoms with Crippen molar-refractivity contribution in [3.8, 4) is 0 Å². The predicted molar refractivity (Wildman–Crippen MR) is 98.7 cm³/mol. The van der Waals surface area contributed by atoms with E-state index < -0.39 is 5.25 Å². The summed E-state index contributed by atoms with van der Waals surface area (Å²) in [7, 11) is 0. The molecule has 2 amide bonds. The number of benzene rings is 1. The second kappa shape index (κ2) is 8.69. The minimum atomic E-state index is -0.437. The number of amidine groups is 1. The zero-order valence-corrected chi connectivity index (χ0v) is 15.2. The monoisotopic (exact) mass is 381 g/mol. The third-order valence-corrected chi connectivity index (χ3v) is 5.38. The summed E-state index contributed by atoms with van der Waals surface area (Å²) in [5.41, 5.74) is 0.958. The number of rotatable bonds is 6. The standard InChI is InChI=1S/C17H20ClN3O3S/c18-12-5-3-11(4-6-12)9-19-15(22)8-14-16(23)21-17(25-14)20-10-13-2-1-7-24-13/h3-6,13-14H,1-2,7-10H2,(H,19,22)(H,20,21,23)/t13-,14-/m0/s1. The van der Waals surface area contributed by atoms with Crippen LogP contribution in [0.2, 0.25) is 5.02 Å². The van der Waals surface area contributed by atoms with Crippen LogP contribution in [0, 0.1) is 0 Å². The van der Waals surface area contributed by atoms with Crippen LogP contribution in [0.4, 0.5) is 0 Å². The lowest BCUT2D eigenvalue weighted by Crippen LogP contribution is -2.31. The molecule has 2 saturated heterocycles. The molecule has 2 N–H and O–H groups in total. The summed E-state index contributed by atoms with van der Waals surface area (Å²) in [6.07, 6.45) is 2.34. The summed E-state index contributed by atoms with van der Waals surface area (Å²) < 4.78 is 5.51. The maximum Gasteiger partial charge on any atom is 0.240 e. The highest BCUT2D eigenvalue weighted by molar-refractivity contribution is 8.15. The number of aliphatic imine (C=N–C) groups is 1. The molecular formula is C17H20ClN3O3S. The van der Waals surface area contributed by atoms with E-state index in [1.54, 1.807) is 12.1 Å². The zero-order chi connectivity index (χ0) is 17.6. The van der Waals surface area contributed by atoms with Crippen LogP contribution in [0.5, 0.6) is 0 Å². The number of halogens is 1. The molecule has 2 aliphatic heterocycles. The highest BCUT2D eigenvalue weighted by Crippen LogP contribution is 2.23. The highest BCUT2D eigenvalue weighted by Gasteiger charge is 2.32. The SMILES string of the molecule is O=C(C[C@@H]1SC(=NC[C@@H]2CCCO2)NC1=O)NCc1ccc(Cl)cc1. The number of ether oxygens (including phenoxy) is 1. The molecule has 8 heteroatoms. The summed E-state index contributed by atoms with van der Waals surface area (Å²) in [5.74, 6) is -0.333. The zero-order valence-electron chi connectivity index (χ0n) is 13.7. The molecule has 0 saturated carbocycles. The van der Waals surface area contributed by atoms with Crippen LogP contribution in [0.1, 0.15) is 24.8 Å². The Hall–Kier alpha value is -1.57. The van der Waals surface area contributed by atoms with Crippen molar-refractivity contribution in [3.05, 3.63) is 34.9 Å². The van der Waals surface area contributed by atoms with Crippen molar-refractivity contribution >= 4 is 40.3 Å². The summed E-state index contributed by atoms with van der Waals surface area (Å²) in [4.78, 5) is 28.5. The van der Waals surface area contributed by atoms with E-state index >= 15 is 0 Å². The maximum atomic E-state index is 12.1. The van der Waals surface area contributed by atoms with Crippen LogP contribution >= 0.6 is 23.4 Å². The van der Waals surface area contributed by atoms with Crippen molar-refractivity contribution in [2.24, 2.45) is 4.99 Å². The van der Waals surface area contributed by atoms with Gasteiger partial charge in [-0.05, 0) is 30.5 Å². The van der Waals surface area contributed by atoms with Gasteiger partial charge in [-0.3, -0.25) is 14.6 Å². The van der Waals surface area contributed by atoms with Crippen LogP contribution in [0.3, 0.4) is 0 Å². The van der Waals surface area contributed by atoms with E-state index in [0.29, 0.717) is 23.3 Å². The molecule has 25 heavy (non-hydrogen) atoms. The average Bonchev–Trinajstić information content (AvgIpc) is 3.23. The first-order chi connectivity index (χ1) is 12.1. The molecule has 2 fully saturated rings. The predicted octanol–water partition coefficient (Wildman–Crippen LogP) is 2.11. The Labute approximate surface area is 155 Å². The number of nitrogens with zero attached hydrogens (tertiary/aromatic N) is 1. The first-order valence-electron chi connectivity index (χ1n) is 8.25. The Kier molecular flexibility index (Phi) is 6.34. The average molecular weight is 382 g/mol. The van der Waals surface area contributed by atoms with Crippen LogP contribution < -0.4 is 10.6 Å². The second-order valence-electron chi connectivity index (χ2n) is 5.98. The van der Waals surface area contributed by atoms with Crippen molar-refractivity contribution < 1.29 is 14.3 Å². The molecule has 3 rings (SSSR count). The molecule has 0 bridgehead atoms. The summed E-state index contributed by atoms with van der Waals surface area (Å²) in [5, 5.41) is 6.36. The number of carbonyl (C=O) groups excluding carboxylic acids is 2. The van der Waals surface area contributed by atoms with E-state index in [0.717, 1.165) is 25.0 Å². The summed E-state index contributed by atoms with van der Waals surface area (Å²) in [6, 6.07) is 7.27. The van der Waals surface area contributed by atoms with Gasteiger partial charge in [-0.1, -0.05) is 35.5 Å². The van der Waals surface area contributed by atoms with Crippen molar-refractivity contribution in [2.75, 3.05) is 13.2 Å². The van der Waals surface area contributed by atoms with Crippen LogP contribution in [-0.4, -0.2) is 41.5 Å². The Balaban J connectivity index is 1.43. The third kappa shape index (κ3) is 5.45. The molecule has 1 aromatic rings. The highest BCUT2D eigenvalue weighted by atomic mass is 35.5. The van der Waals surface area contributed by atoms with Crippen LogP contribution in [0.15, 0.2) is 29.3 Å². The van der Waals surface area contributed by atoms with Gasteiger partial charge in [0.1, 0.15) is 5.25 Å². The van der Waals surface area contributed by atoms with Crippen molar-refractivity contribution in [3.63, 3.8) is 0 Å². The minimum absolute atomic E-state index is 0.128. The van der Waals surface area contributed by atoms with Gasteiger partial charge >= 0.3 is 0 Å².